The normalized spacial score (nSPS) is 13.2. The van der Waals surface area contributed by atoms with E-state index < -0.39 is 26.5 Å². The van der Waals surface area contributed by atoms with Crippen molar-refractivity contribution in [3.63, 3.8) is 0 Å². The molecule has 9 nitrogen and oxygen atoms in total. The molecular formula is C69H135NO8P+. The number of hydrogen-bond donors (Lipinski definition) is 1. The zero-order chi connectivity index (χ0) is 57.7. The second-order valence-electron chi connectivity index (χ2n) is 24.9. The molecule has 0 aliphatic carbocycles. The molecule has 0 aromatic rings. The summed E-state index contributed by atoms with van der Waals surface area (Å²) in [6.07, 6.45) is 75.8. The molecule has 2 unspecified atom stereocenters. The smallest absolute Gasteiger partial charge is 0.462 e. The van der Waals surface area contributed by atoms with Gasteiger partial charge >= 0.3 is 19.8 Å². The number of nitrogens with zero attached hydrogens (tertiary/aromatic N) is 1. The highest BCUT2D eigenvalue weighted by atomic mass is 31.2. The number of ether oxygens (including phenoxy) is 2. The van der Waals surface area contributed by atoms with E-state index in [1.807, 2.05) is 21.1 Å². The molecule has 0 bridgehead atoms. The predicted molar refractivity (Wildman–Crippen MR) is 340 cm³/mol. The fourth-order valence-electron chi connectivity index (χ4n) is 10.4. The van der Waals surface area contributed by atoms with E-state index in [-0.39, 0.29) is 32.0 Å². The van der Waals surface area contributed by atoms with Crippen molar-refractivity contribution in [3.05, 3.63) is 24.3 Å². The molecule has 1 N–H and O–H groups in total. The van der Waals surface area contributed by atoms with E-state index in [0.29, 0.717) is 17.4 Å². The fraction of sp³-hybridized carbons (Fsp3) is 0.913. The van der Waals surface area contributed by atoms with Crippen LogP contribution in [0.3, 0.4) is 0 Å². The maximum Gasteiger partial charge on any atom is 0.472 e. The largest absolute Gasteiger partial charge is 0.472 e. The van der Waals surface area contributed by atoms with Crippen molar-refractivity contribution in [2.45, 2.75) is 360 Å². The van der Waals surface area contributed by atoms with E-state index in [4.69, 9.17) is 18.5 Å². The molecular weight excluding hydrogens is 1000 g/mol. The van der Waals surface area contributed by atoms with Crippen LogP contribution in [0, 0.1) is 0 Å². The number of esters is 2. The molecule has 2 atom stereocenters. The van der Waals surface area contributed by atoms with Crippen LogP contribution >= 0.6 is 7.82 Å². The highest BCUT2D eigenvalue weighted by Crippen LogP contribution is 2.43. The molecule has 0 heterocycles. The molecule has 10 heteroatoms. The van der Waals surface area contributed by atoms with E-state index in [0.717, 1.165) is 32.1 Å². The summed E-state index contributed by atoms with van der Waals surface area (Å²) in [5, 5.41) is 0. The quantitative estimate of drug-likeness (QED) is 0.0211. The third kappa shape index (κ3) is 65.5. The lowest BCUT2D eigenvalue weighted by molar-refractivity contribution is -0.870. The molecule has 0 rings (SSSR count). The van der Waals surface area contributed by atoms with Crippen LogP contribution < -0.4 is 0 Å². The van der Waals surface area contributed by atoms with Crippen molar-refractivity contribution in [2.75, 3.05) is 47.5 Å². The van der Waals surface area contributed by atoms with Gasteiger partial charge < -0.3 is 18.9 Å². The number of phosphoric ester groups is 1. The van der Waals surface area contributed by atoms with Crippen molar-refractivity contribution in [1.82, 2.24) is 0 Å². The second kappa shape index (κ2) is 61.1. The van der Waals surface area contributed by atoms with E-state index in [1.165, 1.54) is 289 Å². The Balaban J connectivity index is 3.92. The van der Waals surface area contributed by atoms with Crippen LogP contribution in [0.2, 0.25) is 0 Å². The first kappa shape index (κ1) is 77.5. The van der Waals surface area contributed by atoms with Gasteiger partial charge in [-0.3, -0.25) is 18.6 Å². The number of carbonyl (C=O) groups excluding carboxylic acids is 2. The van der Waals surface area contributed by atoms with Crippen molar-refractivity contribution in [1.29, 1.82) is 0 Å². The first-order valence-electron chi connectivity index (χ1n) is 34.6. The van der Waals surface area contributed by atoms with Crippen LogP contribution in [0.15, 0.2) is 24.3 Å². The van der Waals surface area contributed by atoms with Crippen molar-refractivity contribution < 1.29 is 42.1 Å². The first-order chi connectivity index (χ1) is 38.5. The Kier molecular flexibility index (Phi) is 59.9. The Morgan fingerprint density at radius 3 is 0.937 bits per heavy atom. The number of allylic oxidation sites excluding steroid dienone is 4. The molecule has 0 spiro atoms. The average molecular weight is 1140 g/mol. The Labute approximate surface area is 491 Å². The first-order valence-corrected chi connectivity index (χ1v) is 36.1. The summed E-state index contributed by atoms with van der Waals surface area (Å²) in [6.45, 7) is 4.49. The van der Waals surface area contributed by atoms with Gasteiger partial charge in [0.2, 0.25) is 0 Å². The van der Waals surface area contributed by atoms with E-state index in [2.05, 4.69) is 38.2 Å². The van der Waals surface area contributed by atoms with E-state index in [1.54, 1.807) is 0 Å². The summed E-state index contributed by atoms with van der Waals surface area (Å²) < 4.78 is 34.7. The summed E-state index contributed by atoms with van der Waals surface area (Å²) in [7, 11) is 1.49. The lowest BCUT2D eigenvalue weighted by Crippen LogP contribution is -2.37. The summed E-state index contributed by atoms with van der Waals surface area (Å²) >= 11 is 0. The number of rotatable bonds is 65. The van der Waals surface area contributed by atoms with Crippen LogP contribution in [0.1, 0.15) is 354 Å². The van der Waals surface area contributed by atoms with Crippen LogP contribution in [0.25, 0.3) is 0 Å². The minimum absolute atomic E-state index is 0.0342. The summed E-state index contributed by atoms with van der Waals surface area (Å²) in [6, 6.07) is 0. The minimum Gasteiger partial charge on any atom is -0.462 e. The van der Waals surface area contributed by atoms with Crippen molar-refractivity contribution >= 4 is 19.8 Å². The number of phosphoric acid groups is 1. The molecule has 79 heavy (non-hydrogen) atoms. The highest BCUT2D eigenvalue weighted by Gasteiger charge is 2.27. The predicted octanol–water partition coefficient (Wildman–Crippen LogP) is 22.1. The van der Waals surface area contributed by atoms with Gasteiger partial charge in [-0.25, -0.2) is 4.57 Å². The number of quaternary nitrogens is 1. The SMILES string of the molecule is CCCCCCCCC/C=C\CCCCCCCCCC(=O)OCC(COP(=O)(O)OCC[N+](C)(C)C)OC(=O)CCCCCCCCCCCCCCCCCCCCCCCCCCC/C=C\CCCCCCCCCC. The van der Waals surface area contributed by atoms with E-state index in [9.17, 15) is 19.0 Å². The van der Waals surface area contributed by atoms with Gasteiger partial charge in [0.05, 0.1) is 27.7 Å². The second-order valence-corrected chi connectivity index (χ2v) is 26.4. The molecule has 468 valence electrons. The maximum atomic E-state index is 12.9. The molecule has 0 aromatic carbocycles. The molecule has 0 saturated heterocycles. The zero-order valence-corrected chi connectivity index (χ0v) is 54.3. The number of carbonyl (C=O) groups is 2. The monoisotopic (exact) mass is 1140 g/mol. The van der Waals surface area contributed by atoms with Crippen LogP contribution in [-0.2, 0) is 32.7 Å². The lowest BCUT2D eigenvalue weighted by atomic mass is 10.0. The Morgan fingerprint density at radius 1 is 0.380 bits per heavy atom. The molecule has 0 amide bonds. The number of unbranched alkanes of at least 4 members (excludes halogenated alkanes) is 47. The molecule has 0 radical (unpaired) electrons. The molecule has 0 saturated carbocycles. The zero-order valence-electron chi connectivity index (χ0n) is 53.4. The highest BCUT2D eigenvalue weighted by molar-refractivity contribution is 7.47. The van der Waals surface area contributed by atoms with Gasteiger partial charge in [-0.05, 0) is 64.2 Å². The Bertz CT molecular complexity index is 1380. The molecule has 0 aromatic heterocycles. The van der Waals surface area contributed by atoms with E-state index >= 15 is 0 Å². The van der Waals surface area contributed by atoms with Gasteiger partial charge in [0, 0.05) is 12.8 Å². The molecule has 0 aliphatic rings. The Morgan fingerprint density at radius 2 is 0.646 bits per heavy atom. The summed E-state index contributed by atoms with van der Waals surface area (Å²) in [5.41, 5.74) is 0. The van der Waals surface area contributed by atoms with Gasteiger partial charge in [-0.1, -0.05) is 301 Å². The summed E-state index contributed by atoms with van der Waals surface area (Å²) in [4.78, 5) is 35.8. The van der Waals surface area contributed by atoms with Gasteiger partial charge in [0.15, 0.2) is 6.10 Å². The standard InChI is InChI=1S/C69H134NO8P/c1-6-8-10-12-14-16-18-20-22-24-26-27-28-29-30-31-32-33-34-35-36-37-38-39-40-41-42-43-44-46-48-50-52-54-56-58-60-62-69(72)78-67(66-77-79(73,74)76-64-63-70(3,4)5)65-75-68(71)61-59-57-55-53-51-49-47-45-25-23-21-19-17-15-13-11-9-7-2/h23-26,67H,6-22,27-66H2,1-5H3/p+1/b25-23-,26-24-. The summed E-state index contributed by atoms with van der Waals surface area (Å²) in [5.74, 6) is -0.783. The number of likely N-dealkylation sites (N-methyl/N-ethyl adjacent to an activating group) is 1. The third-order valence-corrected chi connectivity index (χ3v) is 16.7. The van der Waals surface area contributed by atoms with Crippen molar-refractivity contribution in [3.8, 4) is 0 Å². The van der Waals surface area contributed by atoms with Gasteiger partial charge in [0.1, 0.15) is 19.8 Å². The topological polar surface area (TPSA) is 108 Å². The molecule has 0 aliphatic heterocycles. The van der Waals surface area contributed by atoms with Crippen molar-refractivity contribution in [2.24, 2.45) is 0 Å². The third-order valence-electron chi connectivity index (χ3n) is 15.7. The number of hydrogen-bond acceptors (Lipinski definition) is 7. The van der Waals surface area contributed by atoms with Crippen LogP contribution in [-0.4, -0.2) is 74.9 Å². The Hall–Kier alpha value is -1.51. The van der Waals surface area contributed by atoms with Gasteiger partial charge in [0.25, 0.3) is 0 Å². The lowest BCUT2D eigenvalue weighted by Gasteiger charge is -2.24. The van der Waals surface area contributed by atoms with Gasteiger partial charge in [-0.2, -0.15) is 0 Å². The van der Waals surface area contributed by atoms with Crippen LogP contribution in [0.4, 0.5) is 0 Å². The van der Waals surface area contributed by atoms with Gasteiger partial charge in [-0.15, -0.1) is 0 Å². The fourth-order valence-corrected chi connectivity index (χ4v) is 11.1. The average Bonchev–Trinajstić information content (AvgIpc) is 3.41. The minimum atomic E-state index is -4.39. The molecule has 0 fully saturated rings. The van der Waals surface area contributed by atoms with Crippen LogP contribution in [0.5, 0.6) is 0 Å². The maximum absolute atomic E-state index is 12.9.